The van der Waals surface area contributed by atoms with Gasteiger partial charge in [-0.15, -0.1) is 0 Å². The molecular formula is C10H9BrN2O. The lowest BCUT2D eigenvalue weighted by molar-refractivity contribution is 1.06. The van der Waals surface area contributed by atoms with Crippen LogP contribution in [0.15, 0.2) is 23.0 Å². The van der Waals surface area contributed by atoms with Gasteiger partial charge in [0.05, 0.1) is 10.9 Å². The van der Waals surface area contributed by atoms with Crippen molar-refractivity contribution in [1.82, 2.24) is 9.97 Å². The maximum Gasteiger partial charge on any atom is 0.258 e. The van der Waals surface area contributed by atoms with Crippen LogP contribution in [0.25, 0.3) is 10.9 Å². The van der Waals surface area contributed by atoms with Crippen molar-refractivity contribution in [2.75, 3.05) is 0 Å². The molecule has 1 aromatic carbocycles. The number of nitrogens with one attached hydrogen (secondary N) is 1. The largest absolute Gasteiger partial charge is 0.310 e. The van der Waals surface area contributed by atoms with Crippen molar-refractivity contribution >= 4 is 26.8 Å². The Kier molecular flexibility index (Phi) is 2.37. The molecule has 4 heteroatoms. The lowest BCUT2D eigenvalue weighted by Gasteiger charge is -2.00. The van der Waals surface area contributed by atoms with Gasteiger partial charge in [0, 0.05) is 5.33 Å². The zero-order chi connectivity index (χ0) is 10.1. The van der Waals surface area contributed by atoms with E-state index in [1.54, 1.807) is 6.92 Å². The van der Waals surface area contributed by atoms with Crippen LogP contribution in [0.3, 0.4) is 0 Å². The number of nitrogens with zero attached hydrogens (tertiary/aromatic N) is 1. The number of aromatic nitrogens is 2. The average Bonchev–Trinajstić information content (AvgIpc) is 2.17. The van der Waals surface area contributed by atoms with E-state index < -0.39 is 0 Å². The molecule has 72 valence electrons. The second-order valence-electron chi connectivity index (χ2n) is 3.14. The number of alkyl halides is 1. The highest BCUT2D eigenvalue weighted by Crippen LogP contribution is 2.12. The zero-order valence-corrected chi connectivity index (χ0v) is 9.26. The molecule has 0 aliphatic rings. The lowest BCUT2D eigenvalue weighted by Crippen LogP contribution is -2.09. The molecule has 0 amide bonds. The van der Waals surface area contributed by atoms with Gasteiger partial charge in [0.15, 0.2) is 0 Å². The van der Waals surface area contributed by atoms with E-state index in [1.165, 1.54) is 0 Å². The van der Waals surface area contributed by atoms with Crippen molar-refractivity contribution in [3.8, 4) is 0 Å². The molecule has 0 fully saturated rings. The molecule has 0 unspecified atom stereocenters. The molecule has 14 heavy (non-hydrogen) atoms. The molecule has 0 aliphatic heterocycles. The summed E-state index contributed by atoms with van der Waals surface area (Å²) in [7, 11) is 0. The molecule has 0 spiro atoms. The van der Waals surface area contributed by atoms with Gasteiger partial charge < -0.3 is 4.98 Å². The third-order valence-corrected chi connectivity index (χ3v) is 2.69. The monoisotopic (exact) mass is 252 g/mol. The molecule has 1 heterocycles. The molecule has 2 rings (SSSR count). The fourth-order valence-electron chi connectivity index (χ4n) is 1.39. The number of H-pyrrole nitrogens is 1. The van der Waals surface area contributed by atoms with Gasteiger partial charge in [-0.3, -0.25) is 4.79 Å². The number of halogens is 1. The van der Waals surface area contributed by atoms with Gasteiger partial charge in [0.25, 0.3) is 5.56 Å². The molecule has 1 N–H and O–H groups in total. The number of aryl methyl sites for hydroxylation is 1. The molecule has 0 saturated carbocycles. The Morgan fingerprint density at radius 3 is 3.00 bits per heavy atom. The Morgan fingerprint density at radius 1 is 1.50 bits per heavy atom. The molecule has 0 atom stereocenters. The van der Waals surface area contributed by atoms with Crippen molar-refractivity contribution in [2.45, 2.75) is 12.3 Å². The second-order valence-corrected chi connectivity index (χ2v) is 3.70. The standard InChI is InChI=1S/C10H9BrN2O/c1-6-12-9-3-2-7(5-11)4-8(9)10(14)13-6/h2-4H,5H2,1H3,(H,12,13,14). The summed E-state index contributed by atoms with van der Waals surface area (Å²) in [6, 6.07) is 5.69. The first-order valence-electron chi connectivity index (χ1n) is 4.26. The fraction of sp³-hybridized carbons (Fsp3) is 0.200. The van der Waals surface area contributed by atoms with E-state index in [0.717, 1.165) is 16.4 Å². The molecule has 1 aromatic heterocycles. The second kappa shape index (κ2) is 3.53. The highest BCUT2D eigenvalue weighted by atomic mass is 79.9. The van der Waals surface area contributed by atoms with E-state index in [0.29, 0.717) is 11.2 Å². The van der Waals surface area contributed by atoms with E-state index in [2.05, 4.69) is 25.9 Å². The normalized spacial score (nSPS) is 10.7. The van der Waals surface area contributed by atoms with Crippen LogP contribution in [-0.2, 0) is 5.33 Å². The number of hydrogen-bond acceptors (Lipinski definition) is 2. The number of aromatic amines is 1. The summed E-state index contributed by atoms with van der Waals surface area (Å²) in [6.45, 7) is 1.78. The predicted molar refractivity (Wildman–Crippen MR) is 59.7 cm³/mol. The molecule has 0 aliphatic carbocycles. The highest BCUT2D eigenvalue weighted by Gasteiger charge is 2.01. The van der Waals surface area contributed by atoms with Crippen LogP contribution in [-0.4, -0.2) is 9.97 Å². The smallest absolute Gasteiger partial charge is 0.258 e. The predicted octanol–water partition coefficient (Wildman–Crippen LogP) is 2.13. The summed E-state index contributed by atoms with van der Waals surface area (Å²) in [5.74, 6) is 0.647. The van der Waals surface area contributed by atoms with Crippen LogP contribution in [0.1, 0.15) is 11.4 Å². The zero-order valence-electron chi connectivity index (χ0n) is 7.67. The maximum absolute atomic E-state index is 11.6. The Labute approximate surface area is 89.3 Å². The van der Waals surface area contributed by atoms with E-state index in [-0.39, 0.29) is 5.56 Å². The Bertz CT molecular complexity index is 533. The van der Waals surface area contributed by atoms with Gasteiger partial charge in [0.2, 0.25) is 0 Å². The fourth-order valence-corrected chi connectivity index (χ4v) is 1.73. The first-order chi connectivity index (χ1) is 6.70. The minimum absolute atomic E-state index is 0.0738. The van der Waals surface area contributed by atoms with Crippen molar-refractivity contribution in [3.05, 3.63) is 39.9 Å². The van der Waals surface area contributed by atoms with Crippen LogP contribution in [0.4, 0.5) is 0 Å². The number of benzene rings is 1. The van der Waals surface area contributed by atoms with Crippen LogP contribution in [0.2, 0.25) is 0 Å². The minimum Gasteiger partial charge on any atom is -0.310 e. The van der Waals surface area contributed by atoms with Crippen LogP contribution in [0, 0.1) is 6.92 Å². The quantitative estimate of drug-likeness (QED) is 0.791. The summed E-state index contributed by atoms with van der Waals surface area (Å²) in [5, 5.41) is 1.39. The van der Waals surface area contributed by atoms with Gasteiger partial charge in [0.1, 0.15) is 5.82 Å². The van der Waals surface area contributed by atoms with Crippen LogP contribution >= 0.6 is 15.9 Å². The molecule has 0 bridgehead atoms. The van der Waals surface area contributed by atoms with Crippen molar-refractivity contribution in [3.63, 3.8) is 0 Å². The van der Waals surface area contributed by atoms with Crippen molar-refractivity contribution < 1.29 is 0 Å². The van der Waals surface area contributed by atoms with Crippen LogP contribution in [0.5, 0.6) is 0 Å². The van der Waals surface area contributed by atoms with E-state index >= 15 is 0 Å². The van der Waals surface area contributed by atoms with Gasteiger partial charge in [-0.2, -0.15) is 0 Å². The summed E-state index contributed by atoms with van der Waals surface area (Å²) in [5.41, 5.74) is 1.75. The van der Waals surface area contributed by atoms with E-state index in [9.17, 15) is 4.79 Å². The maximum atomic E-state index is 11.6. The van der Waals surface area contributed by atoms with E-state index in [1.807, 2.05) is 18.2 Å². The van der Waals surface area contributed by atoms with E-state index in [4.69, 9.17) is 0 Å². The SMILES string of the molecule is Cc1nc2ccc(CBr)cc2c(=O)[nH]1. The average molecular weight is 253 g/mol. The highest BCUT2D eigenvalue weighted by molar-refractivity contribution is 9.08. The minimum atomic E-state index is -0.0738. The first-order valence-corrected chi connectivity index (χ1v) is 5.38. The molecule has 0 radical (unpaired) electrons. The molecule has 2 aromatic rings. The third kappa shape index (κ3) is 1.57. The molecule has 3 nitrogen and oxygen atoms in total. The Morgan fingerprint density at radius 2 is 2.29 bits per heavy atom. The first kappa shape index (κ1) is 9.40. The van der Waals surface area contributed by atoms with Gasteiger partial charge in [-0.25, -0.2) is 4.98 Å². The van der Waals surface area contributed by atoms with Gasteiger partial charge in [-0.05, 0) is 24.6 Å². The van der Waals surface area contributed by atoms with Gasteiger partial charge in [-0.1, -0.05) is 22.0 Å². The number of rotatable bonds is 1. The third-order valence-electron chi connectivity index (χ3n) is 2.04. The van der Waals surface area contributed by atoms with Crippen molar-refractivity contribution in [2.24, 2.45) is 0 Å². The molecular weight excluding hydrogens is 244 g/mol. The number of hydrogen-bond donors (Lipinski definition) is 1. The summed E-state index contributed by atoms with van der Waals surface area (Å²) >= 11 is 3.35. The summed E-state index contributed by atoms with van der Waals surface area (Å²) < 4.78 is 0. The Hall–Kier alpha value is -1.16. The summed E-state index contributed by atoms with van der Waals surface area (Å²) in [4.78, 5) is 18.5. The van der Waals surface area contributed by atoms with Gasteiger partial charge >= 0.3 is 0 Å². The summed E-state index contributed by atoms with van der Waals surface area (Å²) in [6.07, 6.45) is 0. The Balaban J connectivity index is 2.82. The topological polar surface area (TPSA) is 45.8 Å². The lowest BCUT2D eigenvalue weighted by atomic mass is 10.2. The van der Waals surface area contributed by atoms with Crippen LogP contribution < -0.4 is 5.56 Å². The number of fused-ring (bicyclic) bond motifs is 1. The molecule has 0 saturated heterocycles. The van der Waals surface area contributed by atoms with Crippen molar-refractivity contribution in [1.29, 1.82) is 0 Å².